The van der Waals surface area contributed by atoms with Gasteiger partial charge in [-0.15, -0.1) is 0 Å². The fourth-order valence-corrected chi connectivity index (χ4v) is 0.692. The highest BCUT2D eigenvalue weighted by Gasteiger charge is 2.17. The van der Waals surface area contributed by atoms with Gasteiger partial charge in [-0.1, -0.05) is 6.58 Å². The first-order chi connectivity index (χ1) is 4.52. The van der Waals surface area contributed by atoms with Crippen LogP contribution in [-0.4, -0.2) is 17.9 Å². The molecular weight excluding hydrogens is 157 g/mol. The normalized spacial score (nSPS) is 15.4. The third kappa shape index (κ3) is 3.40. The van der Waals surface area contributed by atoms with Gasteiger partial charge in [0.15, 0.2) is 0 Å². The number of carbonyl (C=O) groups excluding carboxylic acids is 1. The molecule has 0 fully saturated rings. The maximum absolute atomic E-state index is 10.5. The Morgan fingerprint density at radius 1 is 1.90 bits per heavy atom. The zero-order valence-corrected chi connectivity index (χ0v) is 6.30. The van der Waals surface area contributed by atoms with E-state index in [1.807, 2.05) is 0 Å². The highest BCUT2D eigenvalue weighted by Crippen LogP contribution is 2.34. The Bertz CT molecular complexity index is 190. The van der Waals surface area contributed by atoms with Crippen LogP contribution in [0.15, 0.2) is 12.7 Å². The Labute approximate surface area is 58.3 Å². The minimum atomic E-state index is -3.92. The number of nitrogens with one attached hydrogen (secondary N) is 1. The molecule has 0 rings (SSSR count). The van der Waals surface area contributed by atoms with Crippen LogP contribution in [-0.2, 0) is 13.9 Å². The smallest absolute Gasteiger partial charge is 0.308 e. The third-order valence-electron chi connectivity index (χ3n) is 0.684. The molecule has 1 amide bonds. The van der Waals surface area contributed by atoms with Gasteiger partial charge in [-0.05, 0) is 6.08 Å². The van der Waals surface area contributed by atoms with Crippen LogP contribution in [0.3, 0.4) is 0 Å². The number of amides is 1. The molecule has 0 aromatic carbocycles. The fraction of sp³-hybridized carbons (Fsp3) is 0.250. The molecule has 1 unspecified atom stereocenters. The van der Waals surface area contributed by atoms with Gasteiger partial charge in [0.1, 0.15) is 0 Å². The van der Waals surface area contributed by atoms with E-state index in [0.717, 1.165) is 13.2 Å². The summed E-state index contributed by atoms with van der Waals surface area (Å²) in [5.74, 6) is -0.743. The summed E-state index contributed by atoms with van der Waals surface area (Å²) in [4.78, 5) is 18.9. The number of rotatable bonds is 3. The lowest BCUT2D eigenvalue weighted by atomic mass is 10.6. The van der Waals surface area contributed by atoms with Crippen molar-refractivity contribution >= 4 is 13.7 Å². The van der Waals surface area contributed by atoms with E-state index in [1.54, 1.807) is 5.09 Å². The predicted molar refractivity (Wildman–Crippen MR) is 35.2 cm³/mol. The summed E-state index contributed by atoms with van der Waals surface area (Å²) in [6.07, 6.45) is 0.877. The average molecular weight is 165 g/mol. The van der Waals surface area contributed by atoms with Crippen molar-refractivity contribution in [1.82, 2.24) is 5.09 Å². The van der Waals surface area contributed by atoms with E-state index in [1.165, 1.54) is 0 Å². The maximum Gasteiger partial charge on any atom is 0.432 e. The summed E-state index contributed by atoms with van der Waals surface area (Å²) in [5, 5.41) is 1.69. The van der Waals surface area contributed by atoms with Crippen LogP contribution in [0.1, 0.15) is 0 Å². The van der Waals surface area contributed by atoms with E-state index in [9.17, 15) is 9.36 Å². The Balaban J connectivity index is 4.01. The van der Waals surface area contributed by atoms with Crippen molar-refractivity contribution < 1.29 is 18.8 Å². The van der Waals surface area contributed by atoms with Crippen molar-refractivity contribution in [2.24, 2.45) is 0 Å². The Hall–Kier alpha value is -0.640. The molecule has 2 N–H and O–H groups in total. The molecule has 0 aliphatic rings. The van der Waals surface area contributed by atoms with Gasteiger partial charge in [-0.2, -0.15) is 0 Å². The third-order valence-corrected chi connectivity index (χ3v) is 1.68. The summed E-state index contributed by atoms with van der Waals surface area (Å²) in [7, 11) is -2.90. The SMILES string of the molecule is C=CC(=O)NP(=O)(O)OC. The lowest BCUT2D eigenvalue weighted by molar-refractivity contribution is -0.115. The van der Waals surface area contributed by atoms with Gasteiger partial charge in [0.05, 0.1) is 0 Å². The first-order valence-corrected chi connectivity index (χ1v) is 3.93. The van der Waals surface area contributed by atoms with E-state index in [0.29, 0.717) is 0 Å². The number of carbonyl (C=O) groups is 1. The van der Waals surface area contributed by atoms with Crippen LogP contribution >= 0.6 is 7.75 Å². The highest BCUT2D eigenvalue weighted by molar-refractivity contribution is 7.51. The monoisotopic (exact) mass is 165 g/mol. The summed E-state index contributed by atoms with van der Waals surface area (Å²) in [6, 6.07) is 0. The van der Waals surface area contributed by atoms with Gasteiger partial charge in [0, 0.05) is 7.11 Å². The van der Waals surface area contributed by atoms with Gasteiger partial charge in [-0.3, -0.25) is 14.4 Å². The van der Waals surface area contributed by atoms with E-state index in [2.05, 4.69) is 11.1 Å². The highest BCUT2D eigenvalue weighted by atomic mass is 31.2. The maximum atomic E-state index is 10.5. The Morgan fingerprint density at radius 3 is 2.70 bits per heavy atom. The van der Waals surface area contributed by atoms with Crippen LogP contribution in [0, 0.1) is 0 Å². The second kappa shape index (κ2) is 3.51. The molecule has 0 saturated heterocycles. The zero-order chi connectivity index (χ0) is 8.20. The van der Waals surface area contributed by atoms with Crippen LogP contribution < -0.4 is 5.09 Å². The minimum Gasteiger partial charge on any atom is -0.308 e. The quantitative estimate of drug-likeness (QED) is 0.457. The second-order valence-corrected chi connectivity index (χ2v) is 3.01. The lowest BCUT2D eigenvalue weighted by Crippen LogP contribution is -2.17. The summed E-state index contributed by atoms with van der Waals surface area (Å²) in [6.45, 7) is 3.08. The molecule has 0 aliphatic heterocycles. The molecule has 0 spiro atoms. The molecule has 1 atom stereocenters. The van der Waals surface area contributed by atoms with Crippen molar-refractivity contribution in [3.05, 3.63) is 12.7 Å². The van der Waals surface area contributed by atoms with E-state index in [-0.39, 0.29) is 0 Å². The molecule has 0 heterocycles. The van der Waals surface area contributed by atoms with Crippen molar-refractivity contribution in [2.45, 2.75) is 0 Å². The number of hydrogen-bond donors (Lipinski definition) is 2. The molecule has 0 radical (unpaired) electrons. The van der Waals surface area contributed by atoms with E-state index in [4.69, 9.17) is 4.89 Å². The van der Waals surface area contributed by atoms with Crippen LogP contribution in [0.5, 0.6) is 0 Å². The molecular formula is C4H8NO4P. The predicted octanol–water partition coefficient (Wildman–Crippen LogP) is 0.0354. The van der Waals surface area contributed by atoms with Crippen LogP contribution in [0.4, 0.5) is 0 Å². The second-order valence-electron chi connectivity index (χ2n) is 1.38. The van der Waals surface area contributed by atoms with Gasteiger partial charge in [0.2, 0.25) is 0 Å². The summed E-state index contributed by atoms with van der Waals surface area (Å²) < 4.78 is 14.5. The van der Waals surface area contributed by atoms with Crippen molar-refractivity contribution in [3.63, 3.8) is 0 Å². The molecule has 58 valence electrons. The van der Waals surface area contributed by atoms with E-state index < -0.39 is 13.7 Å². The molecule has 5 nitrogen and oxygen atoms in total. The first kappa shape index (κ1) is 9.36. The molecule has 0 aromatic rings. The molecule has 0 aromatic heterocycles. The summed E-state index contributed by atoms with van der Waals surface area (Å²) in [5.41, 5.74) is 0. The lowest BCUT2D eigenvalue weighted by Gasteiger charge is -2.06. The molecule has 0 saturated carbocycles. The first-order valence-electron chi connectivity index (χ1n) is 2.35. The molecule has 0 aliphatic carbocycles. The molecule has 0 bridgehead atoms. The molecule has 10 heavy (non-hydrogen) atoms. The standard InChI is InChI=1S/C4H8NO4P/c1-3-4(6)5-10(7,8)9-2/h3H,1H2,2H3,(H2,5,6,7,8). The van der Waals surface area contributed by atoms with Crippen LogP contribution in [0.2, 0.25) is 0 Å². The Kier molecular flexibility index (Phi) is 3.28. The van der Waals surface area contributed by atoms with E-state index >= 15 is 0 Å². The Morgan fingerprint density at radius 2 is 2.40 bits per heavy atom. The van der Waals surface area contributed by atoms with Crippen LogP contribution in [0.25, 0.3) is 0 Å². The number of hydrogen-bond acceptors (Lipinski definition) is 3. The van der Waals surface area contributed by atoms with Gasteiger partial charge in [-0.25, -0.2) is 4.57 Å². The zero-order valence-electron chi connectivity index (χ0n) is 5.40. The molecule has 6 heteroatoms. The van der Waals surface area contributed by atoms with Gasteiger partial charge in [0.25, 0.3) is 5.91 Å². The van der Waals surface area contributed by atoms with Gasteiger partial charge < -0.3 is 4.89 Å². The average Bonchev–Trinajstić information content (AvgIpc) is 1.87. The largest absolute Gasteiger partial charge is 0.432 e. The minimum absolute atomic E-state index is 0.743. The topological polar surface area (TPSA) is 75.6 Å². The summed E-state index contributed by atoms with van der Waals surface area (Å²) >= 11 is 0. The van der Waals surface area contributed by atoms with Crippen molar-refractivity contribution in [3.8, 4) is 0 Å². The van der Waals surface area contributed by atoms with Gasteiger partial charge >= 0.3 is 7.75 Å². The van der Waals surface area contributed by atoms with Crippen molar-refractivity contribution in [1.29, 1.82) is 0 Å². The fourth-order valence-electron chi connectivity index (χ4n) is 0.231. The van der Waals surface area contributed by atoms with Crippen molar-refractivity contribution in [2.75, 3.05) is 7.11 Å².